The van der Waals surface area contributed by atoms with E-state index in [-0.39, 0.29) is 23.5 Å². The predicted octanol–water partition coefficient (Wildman–Crippen LogP) is 5.74. The lowest BCUT2D eigenvalue weighted by atomic mass is 9.84. The van der Waals surface area contributed by atoms with Gasteiger partial charge in [-0.3, -0.25) is 28.9 Å². The number of piperidine rings is 1. The normalized spacial score (nSPS) is 22.0. The van der Waals surface area contributed by atoms with Crippen molar-refractivity contribution in [2.75, 3.05) is 61.4 Å². The first kappa shape index (κ1) is 34.3. The second kappa shape index (κ2) is 14.7. The number of benzene rings is 2. The maximum atomic E-state index is 15.2. The van der Waals surface area contributed by atoms with Crippen LogP contribution in [0.2, 0.25) is 0 Å². The van der Waals surface area contributed by atoms with Crippen LogP contribution in [0.3, 0.4) is 0 Å². The number of ether oxygens (including phenoxy) is 1. The first-order valence-electron chi connectivity index (χ1n) is 19.2. The molecule has 2 saturated heterocycles. The topological polar surface area (TPSA) is 134 Å². The van der Waals surface area contributed by atoms with Crippen LogP contribution < -0.4 is 25.6 Å². The number of hydrogen-bond donors (Lipinski definition) is 3. The zero-order valence-corrected chi connectivity index (χ0v) is 30.2. The van der Waals surface area contributed by atoms with Gasteiger partial charge in [-0.2, -0.15) is 5.10 Å². The number of fused-ring (bicyclic) bond motifs is 2. The average Bonchev–Trinajstić information content (AvgIpc) is 3.89. The molecule has 2 amide bonds. The van der Waals surface area contributed by atoms with Crippen LogP contribution in [0.25, 0.3) is 16.9 Å². The summed E-state index contributed by atoms with van der Waals surface area (Å²) in [4.78, 5) is 38.0. The molecule has 9 rings (SSSR count). The molecule has 3 aliphatic heterocycles. The summed E-state index contributed by atoms with van der Waals surface area (Å²) in [5.74, 6) is 0.842. The number of imide groups is 1. The minimum atomic E-state index is -0.377. The van der Waals surface area contributed by atoms with E-state index in [2.05, 4.69) is 58.7 Å². The van der Waals surface area contributed by atoms with Gasteiger partial charge < -0.3 is 20.3 Å². The molecule has 14 heteroatoms. The lowest BCUT2D eigenvalue weighted by Gasteiger charge is -2.37. The molecule has 0 radical (unpaired) electrons. The van der Waals surface area contributed by atoms with Gasteiger partial charge >= 0.3 is 0 Å². The van der Waals surface area contributed by atoms with E-state index in [1.165, 1.54) is 31.0 Å². The van der Waals surface area contributed by atoms with Gasteiger partial charge in [0.1, 0.15) is 18.2 Å². The van der Waals surface area contributed by atoms with Crippen LogP contribution in [0, 0.1) is 11.7 Å². The molecule has 1 saturated carbocycles. The third-order valence-electron chi connectivity index (χ3n) is 11.6. The van der Waals surface area contributed by atoms with E-state index in [0.717, 1.165) is 68.4 Å². The first-order valence-corrected chi connectivity index (χ1v) is 19.2. The van der Waals surface area contributed by atoms with Crippen LogP contribution in [-0.2, 0) is 9.59 Å². The van der Waals surface area contributed by atoms with Gasteiger partial charge in [-0.25, -0.2) is 14.4 Å². The lowest BCUT2D eigenvalue weighted by molar-refractivity contribution is -0.134. The summed E-state index contributed by atoms with van der Waals surface area (Å²) in [6.45, 7) is 6.39. The van der Waals surface area contributed by atoms with Gasteiger partial charge in [-0.05, 0) is 74.8 Å². The highest BCUT2D eigenvalue weighted by Crippen LogP contribution is 2.37. The number of nitrogens with one attached hydrogen (secondary N) is 3. The van der Waals surface area contributed by atoms with Gasteiger partial charge in [0.2, 0.25) is 11.8 Å². The van der Waals surface area contributed by atoms with Crippen LogP contribution in [0.5, 0.6) is 5.75 Å². The van der Waals surface area contributed by atoms with Crippen molar-refractivity contribution < 1.29 is 18.7 Å². The minimum absolute atomic E-state index is 0.178. The Labute approximate surface area is 312 Å². The fourth-order valence-corrected chi connectivity index (χ4v) is 8.52. The molecule has 13 nitrogen and oxygen atoms in total. The van der Waals surface area contributed by atoms with Gasteiger partial charge in [0, 0.05) is 75.1 Å². The molecular formula is C40H45FN10O3. The monoisotopic (exact) mass is 732 g/mol. The van der Waals surface area contributed by atoms with E-state index in [9.17, 15) is 9.59 Å². The number of halogens is 1. The van der Waals surface area contributed by atoms with Crippen LogP contribution in [-0.4, -0.2) is 86.7 Å². The Morgan fingerprint density at radius 3 is 2.61 bits per heavy atom. The van der Waals surface area contributed by atoms with Crippen LogP contribution >= 0.6 is 0 Å². The molecule has 0 spiro atoms. The SMILES string of the molecule is O=C1CCC(c2ccc(N3CCN(CCC4CCC(n5cc(Nc6ncc(-c7cc8c(cc7F)OCCN8)n7ccnc67)cn5)CC4)CC3)cc2)C(=O)N1. The molecule has 280 valence electrons. The molecule has 5 aromatic rings. The van der Waals surface area contributed by atoms with Crippen molar-refractivity contribution in [1.29, 1.82) is 0 Å². The molecule has 54 heavy (non-hydrogen) atoms. The van der Waals surface area contributed by atoms with Crippen LogP contribution in [0.4, 0.5) is 27.3 Å². The van der Waals surface area contributed by atoms with E-state index in [4.69, 9.17) is 9.84 Å². The molecule has 3 aromatic heterocycles. The minimum Gasteiger partial charge on any atom is -0.489 e. The maximum absolute atomic E-state index is 15.2. The van der Waals surface area contributed by atoms with Crippen molar-refractivity contribution in [3.8, 4) is 17.0 Å². The Hall–Kier alpha value is -5.50. The largest absolute Gasteiger partial charge is 0.489 e. The van der Waals surface area contributed by atoms with E-state index < -0.39 is 0 Å². The fraction of sp³-hybridized carbons (Fsp3) is 0.425. The van der Waals surface area contributed by atoms with E-state index in [0.29, 0.717) is 60.5 Å². The Kier molecular flexibility index (Phi) is 9.35. The number of nitrogens with zero attached hydrogens (tertiary/aromatic N) is 7. The Morgan fingerprint density at radius 2 is 1.80 bits per heavy atom. The number of piperazine rings is 1. The fourth-order valence-electron chi connectivity index (χ4n) is 8.52. The number of imidazole rings is 1. The van der Waals surface area contributed by atoms with Gasteiger partial charge in [0.05, 0.1) is 41.4 Å². The summed E-state index contributed by atoms with van der Waals surface area (Å²) in [6.07, 6.45) is 15.9. The van der Waals surface area contributed by atoms with Gasteiger partial charge in [-0.15, -0.1) is 0 Å². The third kappa shape index (κ3) is 6.97. The van der Waals surface area contributed by atoms with Crippen molar-refractivity contribution >= 4 is 40.3 Å². The number of rotatable bonds is 9. The number of amides is 2. The van der Waals surface area contributed by atoms with E-state index in [1.54, 1.807) is 18.5 Å². The number of carbonyl (C=O) groups excluding carboxylic acids is 2. The molecule has 4 aliphatic rings. The molecular weight excluding hydrogens is 688 g/mol. The smallest absolute Gasteiger partial charge is 0.234 e. The Morgan fingerprint density at radius 1 is 0.963 bits per heavy atom. The van der Waals surface area contributed by atoms with Gasteiger partial charge in [0.15, 0.2) is 11.5 Å². The lowest BCUT2D eigenvalue weighted by Crippen LogP contribution is -2.47. The highest BCUT2D eigenvalue weighted by Gasteiger charge is 2.29. The Balaban J connectivity index is 0.745. The molecule has 3 N–H and O–H groups in total. The number of anilines is 4. The predicted molar refractivity (Wildman–Crippen MR) is 204 cm³/mol. The summed E-state index contributed by atoms with van der Waals surface area (Å²) < 4.78 is 24.7. The third-order valence-corrected chi connectivity index (χ3v) is 11.6. The average molecular weight is 733 g/mol. The second-order valence-corrected chi connectivity index (χ2v) is 14.9. The zero-order chi connectivity index (χ0) is 36.6. The summed E-state index contributed by atoms with van der Waals surface area (Å²) in [7, 11) is 0. The highest BCUT2D eigenvalue weighted by molar-refractivity contribution is 6.01. The molecule has 0 bridgehead atoms. The number of aromatic nitrogens is 5. The van der Waals surface area contributed by atoms with Crippen molar-refractivity contribution in [3.63, 3.8) is 0 Å². The van der Waals surface area contributed by atoms with Crippen molar-refractivity contribution in [3.05, 3.63) is 78.8 Å². The standard InChI is InChI=1S/C40H45FN10O3/c41-33-22-36-34(42-13-20-54-36)21-32(33)35-24-44-38(39-43-12-15-50(35)39)46-28-23-45-51(25-28)30-5-1-26(2-6-30)11-14-48-16-18-49(19-17-48)29-7-3-27(4-8-29)31-9-10-37(52)47-40(31)53/h3-4,7-8,12,15,21-26,30-31,42H,1-2,5-6,9-11,13-14,16-20H2,(H,44,46)(H,47,52,53). The van der Waals surface area contributed by atoms with Crippen molar-refractivity contribution in [2.24, 2.45) is 5.92 Å². The summed E-state index contributed by atoms with van der Waals surface area (Å²) in [5, 5.41) is 13.9. The zero-order valence-electron chi connectivity index (χ0n) is 30.2. The summed E-state index contributed by atoms with van der Waals surface area (Å²) in [5.41, 5.74) is 5.40. The molecule has 3 fully saturated rings. The first-order chi connectivity index (χ1) is 26.4. The van der Waals surface area contributed by atoms with Crippen LogP contribution in [0.15, 0.2) is 67.4 Å². The highest BCUT2D eigenvalue weighted by atomic mass is 19.1. The van der Waals surface area contributed by atoms with Crippen molar-refractivity contribution in [1.82, 2.24) is 34.4 Å². The second-order valence-electron chi connectivity index (χ2n) is 14.9. The molecule has 1 atom stereocenters. The molecule has 1 unspecified atom stereocenters. The molecule has 2 aromatic carbocycles. The van der Waals surface area contributed by atoms with Crippen molar-refractivity contribution in [2.45, 2.75) is 56.9 Å². The van der Waals surface area contributed by atoms with Gasteiger partial charge in [-0.1, -0.05) is 12.1 Å². The molecule has 6 heterocycles. The van der Waals surface area contributed by atoms with Gasteiger partial charge in [0.25, 0.3) is 0 Å². The summed E-state index contributed by atoms with van der Waals surface area (Å²) >= 11 is 0. The number of carbonyl (C=O) groups is 2. The van der Waals surface area contributed by atoms with E-state index in [1.807, 2.05) is 28.9 Å². The Bertz CT molecular complexity index is 2150. The van der Waals surface area contributed by atoms with Crippen LogP contribution in [0.1, 0.15) is 62.5 Å². The summed E-state index contributed by atoms with van der Waals surface area (Å²) in [6, 6.07) is 11.9. The van der Waals surface area contributed by atoms with E-state index >= 15 is 4.39 Å². The number of hydrogen-bond acceptors (Lipinski definition) is 10. The maximum Gasteiger partial charge on any atom is 0.234 e. The quantitative estimate of drug-likeness (QED) is 0.161. The molecule has 1 aliphatic carbocycles.